The van der Waals surface area contributed by atoms with E-state index in [9.17, 15) is 4.79 Å². The van der Waals surface area contributed by atoms with Gasteiger partial charge >= 0.3 is 5.63 Å². The fourth-order valence-corrected chi connectivity index (χ4v) is 2.81. The molecule has 0 saturated heterocycles. The summed E-state index contributed by atoms with van der Waals surface area (Å²) in [6.07, 6.45) is 11.0. The standard InChI is InChI=1S/C24H30O3/c1-18(2)9-7-10-19(3)11-8-12-20(4)15-16-26-23-17-24(25)27-22-14-6-5-13-21(22)23/h5-6,9,11,13-15,17H,7-8,10,12,16H2,1-4H3/b19-11+,20-15+. The number of rotatable bonds is 9. The fourth-order valence-electron chi connectivity index (χ4n) is 2.81. The molecule has 3 heteroatoms. The molecule has 0 aliphatic carbocycles. The molecular formula is C24H30O3. The summed E-state index contributed by atoms with van der Waals surface area (Å²) >= 11 is 0. The van der Waals surface area contributed by atoms with E-state index < -0.39 is 5.63 Å². The molecule has 3 nitrogen and oxygen atoms in total. The summed E-state index contributed by atoms with van der Waals surface area (Å²) < 4.78 is 11.0. The summed E-state index contributed by atoms with van der Waals surface area (Å²) in [4.78, 5) is 11.6. The number of para-hydroxylation sites is 1. The Morgan fingerprint density at radius 1 is 0.963 bits per heavy atom. The highest BCUT2D eigenvalue weighted by Gasteiger charge is 2.05. The lowest BCUT2D eigenvalue weighted by Crippen LogP contribution is -2.02. The molecule has 1 heterocycles. The monoisotopic (exact) mass is 366 g/mol. The van der Waals surface area contributed by atoms with Crippen molar-refractivity contribution >= 4 is 11.0 Å². The van der Waals surface area contributed by atoms with Crippen LogP contribution in [-0.4, -0.2) is 6.61 Å². The van der Waals surface area contributed by atoms with Gasteiger partial charge in [-0.2, -0.15) is 0 Å². The molecule has 0 amide bonds. The first-order valence-electron chi connectivity index (χ1n) is 9.56. The van der Waals surface area contributed by atoms with Gasteiger partial charge in [-0.05, 0) is 71.6 Å². The van der Waals surface area contributed by atoms with Crippen molar-refractivity contribution in [2.24, 2.45) is 0 Å². The molecule has 27 heavy (non-hydrogen) atoms. The predicted octanol–water partition coefficient (Wildman–Crippen LogP) is 6.59. The normalized spacial score (nSPS) is 12.3. The van der Waals surface area contributed by atoms with Gasteiger partial charge < -0.3 is 9.15 Å². The highest BCUT2D eigenvalue weighted by molar-refractivity contribution is 5.82. The van der Waals surface area contributed by atoms with E-state index in [1.165, 1.54) is 22.8 Å². The Balaban J connectivity index is 1.84. The van der Waals surface area contributed by atoms with Gasteiger partial charge in [0, 0.05) is 0 Å². The Labute approximate surface area is 162 Å². The van der Waals surface area contributed by atoms with Crippen molar-refractivity contribution in [3.8, 4) is 5.75 Å². The van der Waals surface area contributed by atoms with E-state index in [1.807, 2.05) is 18.2 Å². The van der Waals surface area contributed by atoms with E-state index in [0.29, 0.717) is 17.9 Å². The lowest BCUT2D eigenvalue weighted by molar-refractivity contribution is 0.362. The molecule has 0 atom stereocenters. The van der Waals surface area contributed by atoms with Crippen molar-refractivity contribution in [3.05, 3.63) is 75.7 Å². The van der Waals surface area contributed by atoms with Crippen LogP contribution >= 0.6 is 0 Å². The van der Waals surface area contributed by atoms with Crippen molar-refractivity contribution in [2.45, 2.75) is 53.4 Å². The molecule has 1 aromatic heterocycles. The van der Waals surface area contributed by atoms with Gasteiger partial charge in [0.2, 0.25) is 0 Å². The molecule has 0 unspecified atom stereocenters. The van der Waals surface area contributed by atoms with Gasteiger partial charge in [-0.25, -0.2) is 4.79 Å². The van der Waals surface area contributed by atoms with E-state index in [4.69, 9.17) is 9.15 Å². The Bertz CT molecular complexity index is 893. The van der Waals surface area contributed by atoms with Crippen molar-refractivity contribution in [1.29, 1.82) is 0 Å². The third-order valence-electron chi connectivity index (χ3n) is 4.41. The number of ether oxygens (including phenoxy) is 1. The molecule has 0 fully saturated rings. The minimum absolute atomic E-state index is 0.391. The SMILES string of the molecule is CC(C)=CCC/C(C)=C/CC/C(C)=C/COc1cc(=O)oc2ccccc12. The number of hydrogen-bond donors (Lipinski definition) is 0. The minimum atomic E-state index is -0.391. The van der Waals surface area contributed by atoms with Gasteiger partial charge in [-0.3, -0.25) is 0 Å². The van der Waals surface area contributed by atoms with Gasteiger partial charge in [0.15, 0.2) is 0 Å². The number of fused-ring (bicyclic) bond motifs is 1. The third kappa shape index (κ3) is 7.30. The van der Waals surface area contributed by atoms with Crippen LogP contribution in [0.5, 0.6) is 5.75 Å². The number of benzene rings is 1. The molecular weight excluding hydrogens is 336 g/mol. The van der Waals surface area contributed by atoms with Crippen molar-refractivity contribution in [3.63, 3.8) is 0 Å². The number of hydrogen-bond acceptors (Lipinski definition) is 3. The molecule has 0 aliphatic heterocycles. The molecule has 0 bridgehead atoms. The van der Waals surface area contributed by atoms with E-state index in [0.717, 1.165) is 31.1 Å². The molecule has 0 aliphatic rings. The second-order valence-corrected chi connectivity index (χ2v) is 7.20. The zero-order valence-corrected chi connectivity index (χ0v) is 16.9. The summed E-state index contributed by atoms with van der Waals surface area (Å²) in [5.74, 6) is 0.570. The second kappa shape index (κ2) is 10.6. The Kier molecular flexibility index (Phi) is 8.12. The van der Waals surface area contributed by atoms with Crippen LogP contribution in [0.3, 0.4) is 0 Å². The average molecular weight is 367 g/mol. The Hall–Kier alpha value is -2.55. The van der Waals surface area contributed by atoms with E-state index in [1.54, 1.807) is 6.07 Å². The molecule has 0 N–H and O–H groups in total. The lowest BCUT2D eigenvalue weighted by Gasteiger charge is -2.07. The van der Waals surface area contributed by atoms with Gasteiger partial charge in [0.1, 0.15) is 17.9 Å². The largest absolute Gasteiger partial charge is 0.488 e. The Morgan fingerprint density at radius 2 is 1.63 bits per heavy atom. The van der Waals surface area contributed by atoms with Crippen LogP contribution in [0.25, 0.3) is 11.0 Å². The lowest BCUT2D eigenvalue weighted by atomic mass is 10.1. The predicted molar refractivity (Wildman–Crippen MR) is 113 cm³/mol. The highest BCUT2D eigenvalue weighted by Crippen LogP contribution is 2.23. The highest BCUT2D eigenvalue weighted by atomic mass is 16.5. The fraction of sp³-hybridized carbons (Fsp3) is 0.375. The quantitative estimate of drug-likeness (QED) is 0.371. The maximum Gasteiger partial charge on any atom is 0.339 e. The first-order chi connectivity index (χ1) is 13.0. The van der Waals surface area contributed by atoms with Crippen LogP contribution < -0.4 is 10.4 Å². The van der Waals surface area contributed by atoms with Crippen molar-refractivity contribution < 1.29 is 9.15 Å². The van der Waals surface area contributed by atoms with E-state index in [2.05, 4.69) is 45.9 Å². The molecule has 0 radical (unpaired) electrons. The second-order valence-electron chi connectivity index (χ2n) is 7.20. The summed E-state index contributed by atoms with van der Waals surface area (Å²) in [6, 6.07) is 8.82. The van der Waals surface area contributed by atoms with Gasteiger partial charge in [0.05, 0.1) is 11.5 Å². The molecule has 0 saturated carbocycles. The van der Waals surface area contributed by atoms with Crippen LogP contribution in [0.4, 0.5) is 0 Å². The summed E-state index contributed by atoms with van der Waals surface area (Å²) in [5, 5.41) is 0.818. The van der Waals surface area contributed by atoms with Crippen LogP contribution in [-0.2, 0) is 0 Å². The van der Waals surface area contributed by atoms with Crippen LogP contribution in [0.2, 0.25) is 0 Å². The van der Waals surface area contributed by atoms with Crippen LogP contribution in [0.15, 0.2) is 74.5 Å². The first-order valence-corrected chi connectivity index (χ1v) is 9.56. The summed E-state index contributed by atoms with van der Waals surface area (Å²) in [6.45, 7) is 9.04. The number of allylic oxidation sites excluding steroid dienone is 5. The summed E-state index contributed by atoms with van der Waals surface area (Å²) in [7, 11) is 0. The molecule has 144 valence electrons. The maximum absolute atomic E-state index is 11.6. The molecule has 2 aromatic rings. The van der Waals surface area contributed by atoms with Gasteiger partial charge in [-0.1, -0.05) is 41.0 Å². The topological polar surface area (TPSA) is 39.4 Å². The first kappa shape index (κ1) is 20.8. The molecule has 2 rings (SSSR count). The Morgan fingerprint density at radius 3 is 2.37 bits per heavy atom. The van der Waals surface area contributed by atoms with Crippen molar-refractivity contribution in [2.75, 3.05) is 6.61 Å². The molecule has 0 spiro atoms. The van der Waals surface area contributed by atoms with Gasteiger partial charge in [0.25, 0.3) is 0 Å². The van der Waals surface area contributed by atoms with E-state index >= 15 is 0 Å². The average Bonchev–Trinajstić information content (AvgIpc) is 2.61. The minimum Gasteiger partial charge on any atom is -0.488 e. The zero-order valence-electron chi connectivity index (χ0n) is 16.9. The molecule has 1 aromatic carbocycles. The summed E-state index contributed by atoms with van der Waals surface area (Å²) in [5.41, 5.74) is 4.27. The maximum atomic E-state index is 11.6. The van der Waals surface area contributed by atoms with Crippen molar-refractivity contribution in [1.82, 2.24) is 0 Å². The smallest absolute Gasteiger partial charge is 0.339 e. The third-order valence-corrected chi connectivity index (χ3v) is 4.41. The van der Waals surface area contributed by atoms with Crippen LogP contribution in [0, 0.1) is 0 Å². The zero-order chi connectivity index (χ0) is 19.6. The van der Waals surface area contributed by atoms with Gasteiger partial charge in [-0.15, -0.1) is 0 Å². The van der Waals surface area contributed by atoms with E-state index in [-0.39, 0.29) is 0 Å². The van der Waals surface area contributed by atoms with Crippen LogP contribution in [0.1, 0.15) is 53.4 Å².